The van der Waals surface area contributed by atoms with E-state index in [4.69, 9.17) is 5.10 Å². The molecule has 0 aliphatic rings. The smallest absolute Gasteiger partial charge is 0.243 e. The zero-order valence-electron chi connectivity index (χ0n) is 21.8. The number of nitrogens with zero attached hydrogens (tertiary/aromatic N) is 3. The number of benzene rings is 3. The van der Waals surface area contributed by atoms with Crippen molar-refractivity contribution in [3.63, 3.8) is 0 Å². The van der Waals surface area contributed by atoms with E-state index in [9.17, 15) is 17.6 Å². The third-order valence-corrected chi connectivity index (χ3v) is 7.89. The molecule has 9 heteroatoms. The molecule has 0 radical (unpaired) electrons. The summed E-state index contributed by atoms with van der Waals surface area (Å²) in [7, 11) is -4.04. The second-order valence-corrected chi connectivity index (χ2v) is 11.5. The minimum atomic E-state index is -4.04. The highest BCUT2D eigenvalue weighted by Gasteiger charge is 2.29. The highest BCUT2D eigenvalue weighted by molar-refractivity contribution is 7.89. The maximum atomic E-state index is 13.5. The average Bonchev–Trinajstić information content (AvgIpc) is 3.19. The minimum Gasteiger partial charge on any atom is -0.309 e. The molecule has 38 heavy (non-hydrogen) atoms. The molecule has 0 saturated heterocycles. The number of aryl methyl sites for hydroxylation is 2. The summed E-state index contributed by atoms with van der Waals surface area (Å²) in [6.07, 6.45) is 0. The fraction of sp³-hybridized carbons (Fsp3) is 0.241. The van der Waals surface area contributed by atoms with Crippen molar-refractivity contribution in [2.24, 2.45) is 5.92 Å². The van der Waals surface area contributed by atoms with E-state index in [1.54, 1.807) is 4.68 Å². The van der Waals surface area contributed by atoms with Crippen molar-refractivity contribution in [2.75, 3.05) is 18.4 Å². The van der Waals surface area contributed by atoms with Crippen molar-refractivity contribution in [3.8, 4) is 16.8 Å². The zero-order valence-corrected chi connectivity index (χ0v) is 22.7. The van der Waals surface area contributed by atoms with Crippen molar-refractivity contribution < 1.29 is 17.6 Å². The van der Waals surface area contributed by atoms with Crippen LogP contribution in [0.5, 0.6) is 0 Å². The van der Waals surface area contributed by atoms with Crippen LogP contribution < -0.4 is 5.32 Å². The molecule has 4 rings (SSSR count). The number of amides is 1. The minimum absolute atomic E-state index is 0.0438. The van der Waals surface area contributed by atoms with Gasteiger partial charge < -0.3 is 5.32 Å². The fourth-order valence-corrected chi connectivity index (χ4v) is 5.87. The highest BCUT2D eigenvalue weighted by atomic mass is 32.2. The fourth-order valence-electron chi connectivity index (χ4n) is 4.31. The lowest BCUT2D eigenvalue weighted by Crippen LogP contribution is -2.40. The molecule has 7 nitrogen and oxygen atoms in total. The van der Waals surface area contributed by atoms with Gasteiger partial charge in [-0.3, -0.25) is 4.79 Å². The number of rotatable bonds is 9. The lowest BCUT2D eigenvalue weighted by molar-refractivity contribution is -0.116. The van der Waals surface area contributed by atoms with Crippen LogP contribution in [-0.2, 0) is 14.8 Å². The summed E-state index contributed by atoms with van der Waals surface area (Å²) in [5.74, 6) is -0.636. The summed E-state index contributed by atoms with van der Waals surface area (Å²) in [4.78, 5) is 13.4. The largest absolute Gasteiger partial charge is 0.309 e. The first-order valence-electron chi connectivity index (χ1n) is 12.3. The van der Waals surface area contributed by atoms with Gasteiger partial charge in [-0.25, -0.2) is 17.5 Å². The number of para-hydroxylation sites is 1. The zero-order chi connectivity index (χ0) is 27.4. The van der Waals surface area contributed by atoms with Gasteiger partial charge in [0.1, 0.15) is 11.6 Å². The normalized spacial score (nSPS) is 11.8. The van der Waals surface area contributed by atoms with Gasteiger partial charge in [0.2, 0.25) is 15.9 Å². The van der Waals surface area contributed by atoms with Gasteiger partial charge in [-0.05, 0) is 61.2 Å². The molecular formula is C29H31FN4O3S. The number of nitrogens with one attached hydrogen (secondary N) is 1. The number of hydrogen-bond donors (Lipinski definition) is 1. The van der Waals surface area contributed by atoms with Crippen LogP contribution in [0.25, 0.3) is 16.8 Å². The first kappa shape index (κ1) is 27.2. The third-order valence-electron chi connectivity index (χ3n) is 6.06. The number of carbonyl (C=O) groups is 1. The first-order valence-corrected chi connectivity index (χ1v) is 13.8. The summed E-state index contributed by atoms with van der Waals surface area (Å²) in [5.41, 5.74) is 4.10. The van der Waals surface area contributed by atoms with Gasteiger partial charge in [-0.2, -0.15) is 9.40 Å². The van der Waals surface area contributed by atoms with Crippen molar-refractivity contribution in [2.45, 2.75) is 32.6 Å². The van der Waals surface area contributed by atoms with Crippen molar-refractivity contribution >= 4 is 21.7 Å². The highest BCUT2D eigenvalue weighted by Crippen LogP contribution is 2.34. The van der Waals surface area contributed by atoms with E-state index in [0.717, 1.165) is 38.8 Å². The van der Waals surface area contributed by atoms with Crippen LogP contribution in [0.4, 0.5) is 10.2 Å². The molecule has 1 amide bonds. The number of sulfonamides is 1. The Morgan fingerprint density at radius 3 is 2.24 bits per heavy atom. The van der Waals surface area contributed by atoms with E-state index in [-0.39, 0.29) is 17.4 Å². The van der Waals surface area contributed by atoms with Crippen LogP contribution in [0.3, 0.4) is 0 Å². The molecule has 0 fully saturated rings. The van der Waals surface area contributed by atoms with Gasteiger partial charge in [0, 0.05) is 12.1 Å². The molecule has 0 saturated carbocycles. The summed E-state index contributed by atoms with van der Waals surface area (Å²) in [6, 6.07) is 21.9. The van der Waals surface area contributed by atoms with E-state index < -0.39 is 28.3 Å². The average molecular weight is 535 g/mol. The number of hydrogen-bond acceptors (Lipinski definition) is 4. The second-order valence-electron chi connectivity index (χ2n) is 9.57. The Balaban J connectivity index is 1.73. The molecule has 1 N–H and O–H groups in total. The Labute approximate surface area is 223 Å². The van der Waals surface area contributed by atoms with Gasteiger partial charge in [0.15, 0.2) is 0 Å². The molecule has 198 valence electrons. The second kappa shape index (κ2) is 11.3. The van der Waals surface area contributed by atoms with E-state index in [0.29, 0.717) is 11.5 Å². The van der Waals surface area contributed by atoms with Crippen LogP contribution in [0.2, 0.25) is 0 Å². The number of carbonyl (C=O) groups excluding carboxylic acids is 1. The number of aromatic nitrogens is 2. The van der Waals surface area contributed by atoms with Gasteiger partial charge in [-0.1, -0.05) is 62.4 Å². The standard InChI is InChI=1S/C29H31FN4O3S/c1-20(2)18-33(38(36,37)25-16-14-24(30)15-17-25)19-27(35)31-29-28(23-11-6-5-7-12-23)22(4)32-34(29)26-13-9-8-10-21(26)3/h5-17,20H,18-19H2,1-4H3,(H,31,35). The van der Waals surface area contributed by atoms with Gasteiger partial charge in [0.05, 0.1) is 22.8 Å². The maximum Gasteiger partial charge on any atom is 0.243 e. The summed E-state index contributed by atoms with van der Waals surface area (Å²) >= 11 is 0. The van der Waals surface area contributed by atoms with Crippen LogP contribution >= 0.6 is 0 Å². The van der Waals surface area contributed by atoms with Crippen LogP contribution in [0.15, 0.2) is 83.8 Å². The number of halogens is 1. The quantitative estimate of drug-likeness (QED) is 0.304. The Kier molecular flexibility index (Phi) is 8.08. The molecule has 3 aromatic carbocycles. The SMILES string of the molecule is Cc1ccccc1-n1nc(C)c(-c2ccccc2)c1NC(=O)CN(CC(C)C)S(=O)(=O)c1ccc(F)cc1. The molecule has 0 unspecified atom stereocenters. The molecule has 1 heterocycles. The van der Waals surface area contributed by atoms with Crippen LogP contribution in [0.1, 0.15) is 25.1 Å². The van der Waals surface area contributed by atoms with Crippen molar-refractivity contribution in [1.82, 2.24) is 14.1 Å². The van der Waals surface area contributed by atoms with Gasteiger partial charge >= 0.3 is 0 Å². The predicted molar refractivity (Wildman–Crippen MR) is 147 cm³/mol. The van der Waals surface area contributed by atoms with Crippen LogP contribution in [0, 0.1) is 25.6 Å². The molecule has 0 aliphatic heterocycles. The molecule has 0 aliphatic carbocycles. The predicted octanol–water partition coefficient (Wildman–Crippen LogP) is 5.58. The lowest BCUT2D eigenvalue weighted by Gasteiger charge is -2.24. The molecule has 0 spiro atoms. The van der Waals surface area contributed by atoms with Gasteiger partial charge in [0.25, 0.3) is 0 Å². The summed E-state index contributed by atoms with van der Waals surface area (Å²) < 4.78 is 43.1. The van der Waals surface area contributed by atoms with Gasteiger partial charge in [-0.15, -0.1) is 0 Å². The molecule has 0 bridgehead atoms. The summed E-state index contributed by atoms with van der Waals surface area (Å²) in [6.45, 7) is 7.28. The Hall–Kier alpha value is -3.82. The molecule has 0 atom stereocenters. The van der Waals surface area contributed by atoms with Crippen molar-refractivity contribution in [1.29, 1.82) is 0 Å². The van der Waals surface area contributed by atoms with E-state index >= 15 is 0 Å². The summed E-state index contributed by atoms with van der Waals surface area (Å²) in [5, 5.41) is 7.69. The molecule has 1 aromatic heterocycles. The maximum absolute atomic E-state index is 13.5. The third kappa shape index (κ3) is 5.84. The first-order chi connectivity index (χ1) is 18.1. The monoisotopic (exact) mass is 534 g/mol. The Morgan fingerprint density at radius 2 is 1.61 bits per heavy atom. The molecular weight excluding hydrogens is 503 g/mol. The van der Waals surface area contributed by atoms with E-state index in [1.807, 2.05) is 82.3 Å². The topological polar surface area (TPSA) is 84.3 Å². The van der Waals surface area contributed by atoms with E-state index in [2.05, 4.69) is 5.32 Å². The Morgan fingerprint density at radius 1 is 0.974 bits per heavy atom. The lowest BCUT2D eigenvalue weighted by atomic mass is 10.1. The van der Waals surface area contributed by atoms with Crippen LogP contribution in [-0.4, -0.2) is 41.5 Å². The number of anilines is 1. The van der Waals surface area contributed by atoms with Crippen molar-refractivity contribution in [3.05, 3.63) is 95.9 Å². The Bertz CT molecular complexity index is 1530. The molecule has 4 aromatic rings. The van der Waals surface area contributed by atoms with E-state index in [1.165, 1.54) is 12.1 Å².